The molecule has 0 aliphatic carbocycles. The molecule has 90 valence electrons. The van der Waals surface area contributed by atoms with Crippen molar-refractivity contribution in [3.63, 3.8) is 0 Å². The quantitative estimate of drug-likeness (QED) is 0.453. The van der Waals surface area contributed by atoms with E-state index in [1.807, 2.05) is 13.8 Å². The van der Waals surface area contributed by atoms with E-state index in [0.29, 0.717) is 11.0 Å². The number of benzene rings is 1. The SMILES string of the molecule is CC.CC(=O)c1cc2cc([N+](=O)[O-])ccc2o1. The van der Waals surface area contributed by atoms with Crippen molar-refractivity contribution in [1.29, 1.82) is 0 Å². The summed E-state index contributed by atoms with van der Waals surface area (Å²) in [5.41, 5.74) is 0.462. The van der Waals surface area contributed by atoms with Crippen LogP contribution in [0.1, 0.15) is 31.3 Å². The summed E-state index contributed by atoms with van der Waals surface area (Å²) in [5.74, 6) is 0.0133. The lowest BCUT2D eigenvalue weighted by Crippen LogP contribution is -1.86. The minimum atomic E-state index is -0.486. The van der Waals surface area contributed by atoms with Crippen molar-refractivity contribution in [2.75, 3.05) is 0 Å². The van der Waals surface area contributed by atoms with Crippen LogP contribution in [0.25, 0.3) is 11.0 Å². The van der Waals surface area contributed by atoms with E-state index in [4.69, 9.17) is 4.42 Å². The van der Waals surface area contributed by atoms with Crippen molar-refractivity contribution in [3.8, 4) is 0 Å². The first-order chi connectivity index (χ1) is 8.08. The number of rotatable bonds is 2. The lowest BCUT2D eigenvalue weighted by Gasteiger charge is -1.89. The molecule has 2 aromatic rings. The largest absolute Gasteiger partial charge is 0.453 e. The summed E-state index contributed by atoms with van der Waals surface area (Å²) >= 11 is 0. The Kier molecular flexibility index (Phi) is 3.98. The summed E-state index contributed by atoms with van der Waals surface area (Å²) < 4.78 is 5.19. The van der Waals surface area contributed by atoms with Crippen molar-refractivity contribution >= 4 is 22.4 Å². The van der Waals surface area contributed by atoms with Gasteiger partial charge in [0, 0.05) is 24.4 Å². The van der Waals surface area contributed by atoms with Gasteiger partial charge < -0.3 is 4.42 Å². The van der Waals surface area contributed by atoms with E-state index < -0.39 is 4.92 Å². The first-order valence-corrected chi connectivity index (χ1v) is 5.27. The Morgan fingerprint density at radius 2 is 1.94 bits per heavy atom. The Bertz CT molecular complexity index is 545. The summed E-state index contributed by atoms with van der Waals surface area (Å²) in [6.07, 6.45) is 0. The van der Waals surface area contributed by atoms with Crippen LogP contribution in [0, 0.1) is 10.1 Å². The van der Waals surface area contributed by atoms with Crippen molar-refractivity contribution < 1.29 is 14.1 Å². The van der Waals surface area contributed by atoms with E-state index >= 15 is 0 Å². The molecule has 0 aliphatic heterocycles. The van der Waals surface area contributed by atoms with Gasteiger partial charge in [0.15, 0.2) is 11.5 Å². The molecule has 1 heterocycles. The molecule has 5 heteroatoms. The number of nitro benzene ring substituents is 1. The maximum atomic E-state index is 11.0. The average Bonchev–Trinajstić information content (AvgIpc) is 2.74. The molecule has 1 aromatic heterocycles. The predicted octanol–water partition coefficient (Wildman–Crippen LogP) is 3.57. The molecule has 2 rings (SSSR count). The Labute approximate surface area is 98.2 Å². The smallest absolute Gasteiger partial charge is 0.270 e. The summed E-state index contributed by atoms with van der Waals surface area (Å²) in [5, 5.41) is 11.1. The zero-order valence-electron chi connectivity index (χ0n) is 9.89. The Morgan fingerprint density at radius 3 is 2.47 bits per heavy atom. The van der Waals surface area contributed by atoms with Crippen molar-refractivity contribution in [3.05, 3.63) is 40.1 Å². The highest BCUT2D eigenvalue weighted by atomic mass is 16.6. The minimum Gasteiger partial charge on any atom is -0.453 e. The van der Waals surface area contributed by atoms with Crippen LogP contribution in [-0.4, -0.2) is 10.7 Å². The van der Waals surface area contributed by atoms with Gasteiger partial charge in [-0.1, -0.05) is 13.8 Å². The predicted molar refractivity (Wildman–Crippen MR) is 64.2 cm³/mol. The first kappa shape index (κ1) is 12.9. The molecule has 0 spiro atoms. The Balaban J connectivity index is 0.000000686. The molecule has 0 saturated heterocycles. The second-order valence-electron chi connectivity index (χ2n) is 3.15. The van der Waals surface area contributed by atoms with Gasteiger partial charge in [-0.3, -0.25) is 14.9 Å². The zero-order valence-corrected chi connectivity index (χ0v) is 9.89. The van der Waals surface area contributed by atoms with Gasteiger partial charge >= 0.3 is 0 Å². The van der Waals surface area contributed by atoms with Crippen LogP contribution >= 0.6 is 0 Å². The van der Waals surface area contributed by atoms with Gasteiger partial charge in [0.1, 0.15) is 5.58 Å². The first-order valence-electron chi connectivity index (χ1n) is 5.27. The van der Waals surface area contributed by atoms with E-state index in [0.717, 1.165) is 0 Å². The third-order valence-electron chi connectivity index (χ3n) is 2.06. The third-order valence-corrected chi connectivity index (χ3v) is 2.06. The van der Waals surface area contributed by atoms with Crippen molar-refractivity contribution in [2.24, 2.45) is 0 Å². The molecule has 0 bridgehead atoms. The molecule has 0 fully saturated rings. The number of Topliss-reactive ketones (excluding diaryl/α,β-unsaturated/α-hetero) is 1. The van der Waals surface area contributed by atoms with E-state index in [1.165, 1.54) is 31.2 Å². The van der Waals surface area contributed by atoms with Crippen molar-refractivity contribution in [1.82, 2.24) is 0 Å². The number of nitrogens with zero attached hydrogens (tertiary/aromatic N) is 1. The number of non-ortho nitro benzene ring substituents is 1. The van der Waals surface area contributed by atoms with E-state index in [1.54, 1.807) is 0 Å². The third kappa shape index (κ3) is 2.69. The van der Waals surface area contributed by atoms with Crippen LogP contribution in [0.15, 0.2) is 28.7 Å². The number of hydrogen-bond donors (Lipinski definition) is 0. The molecule has 0 N–H and O–H groups in total. The average molecular weight is 235 g/mol. The fraction of sp³-hybridized carbons (Fsp3) is 0.250. The monoisotopic (exact) mass is 235 g/mol. The highest BCUT2D eigenvalue weighted by molar-refractivity contribution is 5.96. The Hall–Kier alpha value is -2.17. The van der Waals surface area contributed by atoms with Gasteiger partial charge in [-0.25, -0.2) is 0 Å². The maximum absolute atomic E-state index is 11.0. The van der Waals surface area contributed by atoms with Gasteiger partial charge in [-0.15, -0.1) is 0 Å². The van der Waals surface area contributed by atoms with Crippen LogP contribution in [0.5, 0.6) is 0 Å². The van der Waals surface area contributed by atoms with Crippen LogP contribution in [0.3, 0.4) is 0 Å². The summed E-state index contributed by atoms with van der Waals surface area (Å²) in [4.78, 5) is 21.0. The van der Waals surface area contributed by atoms with Crippen LogP contribution < -0.4 is 0 Å². The van der Waals surface area contributed by atoms with E-state index in [2.05, 4.69) is 0 Å². The van der Waals surface area contributed by atoms with Crippen LogP contribution in [-0.2, 0) is 0 Å². The van der Waals surface area contributed by atoms with Crippen LogP contribution in [0.4, 0.5) is 5.69 Å². The molecule has 0 aliphatic rings. The Morgan fingerprint density at radius 1 is 1.29 bits per heavy atom. The molecule has 5 nitrogen and oxygen atoms in total. The normalized spacial score (nSPS) is 9.59. The summed E-state index contributed by atoms with van der Waals surface area (Å²) in [6, 6.07) is 5.71. The molecule has 17 heavy (non-hydrogen) atoms. The standard InChI is InChI=1S/C10H7NO4.C2H6/c1-6(12)10-5-7-4-8(11(13)14)2-3-9(7)15-10;1-2/h2-5H,1H3;1-2H3. The second-order valence-corrected chi connectivity index (χ2v) is 3.15. The molecular formula is C12H13NO4. The van der Waals surface area contributed by atoms with E-state index in [-0.39, 0.29) is 17.2 Å². The topological polar surface area (TPSA) is 73.3 Å². The molecule has 0 unspecified atom stereocenters. The van der Waals surface area contributed by atoms with Gasteiger partial charge in [0.2, 0.25) is 0 Å². The highest BCUT2D eigenvalue weighted by Crippen LogP contribution is 2.24. The summed E-state index contributed by atoms with van der Waals surface area (Å²) in [7, 11) is 0. The number of fused-ring (bicyclic) bond motifs is 1. The fourth-order valence-corrected chi connectivity index (χ4v) is 1.32. The molecule has 0 radical (unpaired) electrons. The molecule has 0 amide bonds. The number of carbonyl (C=O) groups excluding carboxylic acids is 1. The minimum absolute atomic E-state index is 0.0154. The number of hydrogen-bond acceptors (Lipinski definition) is 4. The number of carbonyl (C=O) groups is 1. The summed E-state index contributed by atoms with van der Waals surface area (Å²) in [6.45, 7) is 5.38. The molecule has 0 atom stereocenters. The number of nitro groups is 1. The second kappa shape index (κ2) is 5.25. The van der Waals surface area contributed by atoms with Crippen LogP contribution in [0.2, 0.25) is 0 Å². The van der Waals surface area contributed by atoms with Gasteiger partial charge in [0.25, 0.3) is 5.69 Å². The number of furan rings is 1. The highest BCUT2D eigenvalue weighted by Gasteiger charge is 2.11. The van der Waals surface area contributed by atoms with Gasteiger partial charge in [-0.2, -0.15) is 0 Å². The lowest BCUT2D eigenvalue weighted by atomic mass is 10.2. The lowest BCUT2D eigenvalue weighted by molar-refractivity contribution is -0.384. The maximum Gasteiger partial charge on any atom is 0.270 e. The molecular weight excluding hydrogens is 222 g/mol. The number of ketones is 1. The van der Waals surface area contributed by atoms with E-state index in [9.17, 15) is 14.9 Å². The van der Waals surface area contributed by atoms with Gasteiger partial charge in [0.05, 0.1) is 4.92 Å². The van der Waals surface area contributed by atoms with Crippen molar-refractivity contribution in [2.45, 2.75) is 20.8 Å². The van der Waals surface area contributed by atoms with Gasteiger partial charge in [-0.05, 0) is 12.1 Å². The fourth-order valence-electron chi connectivity index (χ4n) is 1.32. The zero-order chi connectivity index (χ0) is 13.0. The molecule has 0 saturated carbocycles. The molecule has 1 aromatic carbocycles.